The van der Waals surface area contributed by atoms with Gasteiger partial charge in [0.25, 0.3) is 6.20 Å². The standard InChI is InChI=1S/C6H6N2O4/c1-2-12-6(9)5(3-7)4-8(10)11/h4H,2H2,1H3/b5-4+. The molecule has 12 heavy (non-hydrogen) atoms. The number of carbonyl (C=O) groups excluding carboxylic acids is 1. The van der Waals surface area contributed by atoms with Crippen LogP contribution in [0, 0.1) is 21.4 Å². The smallest absolute Gasteiger partial charge is 0.355 e. The van der Waals surface area contributed by atoms with E-state index in [9.17, 15) is 14.9 Å². The molecule has 0 aliphatic carbocycles. The third kappa shape index (κ3) is 3.31. The van der Waals surface area contributed by atoms with E-state index in [1.54, 1.807) is 6.92 Å². The molecule has 0 spiro atoms. The van der Waals surface area contributed by atoms with Gasteiger partial charge >= 0.3 is 5.97 Å². The second kappa shape index (κ2) is 4.85. The summed E-state index contributed by atoms with van der Waals surface area (Å²) in [6.45, 7) is 1.62. The molecule has 0 rings (SSSR count). The second-order valence-electron chi connectivity index (χ2n) is 1.66. The maximum absolute atomic E-state index is 10.7. The summed E-state index contributed by atoms with van der Waals surface area (Å²) in [5.41, 5.74) is -0.609. The van der Waals surface area contributed by atoms with Crippen molar-refractivity contribution in [2.45, 2.75) is 6.92 Å². The summed E-state index contributed by atoms with van der Waals surface area (Å²) in [7, 11) is 0. The van der Waals surface area contributed by atoms with E-state index in [2.05, 4.69) is 4.74 Å². The Balaban J connectivity index is 4.48. The Morgan fingerprint density at radius 2 is 2.42 bits per heavy atom. The van der Waals surface area contributed by atoms with E-state index >= 15 is 0 Å². The van der Waals surface area contributed by atoms with Crippen molar-refractivity contribution in [2.75, 3.05) is 6.61 Å². The molecule has 0 N–H and O–H groups in total. The van der Waals surface area contributed by atoms with Gasteiger partial charge in [-0.25, -0.2) is 4.79 Å². The highest BCUT2D eigenvalue weighted by atomic mass is 16.6. The summed E-state index contributed by atoms with van der Waals surface area (Å²) in [6, 6.07) is 1.36. The van der Waals surface area contributed by atoms with Crippen LogP contribution in [0.25, 0.3) is 0 Å². The van der Waals surface area contributed by atoms with Gasteiger partial charge in [-0.05, 0) is 6.92 Å². The van der Waals surface area contributed by atoms with E-state index in [-0.39, 0.29) is 6.61 Å². The van der Waals surface area contributed by atoms with E-state index in [4.69, 9.17) is 5.26 Å². The lowest BCUT2D eigenvalue weighted by molar-refractivity contribution is -0.403. The molecular formula is C6H6N2O4. The molecule has 0 fully saturated rings. The van der Waals surface area contributed by atoms with Crippen LogP contribution < -0.4 is 0 Å². The van der Waals surface area contributed by atoms with Gasteiger partial charge in [0.15, 0.2) is 0 Å². The van der Waals surface area contributed by atoms with Crippen molar-refractivity contribution in [3.05, 3.63) is 21.9 Å². The number of esters is 1. The van der Waals surface area contributed by atoms with Crippen molar-refractivity contribution >= 4 is 5.97 Å². The van der Waals surface area contributed by atoms with Gasteiger partial charge in [0.1, 0.15) is 6.07 Å². The molecule has 0 saturated heterocycles. The van der Waals surface area contributed by atoms with Crippen LogP contribution in [0.2, 0.25) is 0 Å². The highest BCUT2D eigenvalue weighted by Crippen LogP contribution is 1.95. The van der Waals surface area contributed by atoms with Crippen molar-refractivity contribution in [1.82, 2.24) is 0 Å². The Morgan fingerprint density at radius 3 is 2.75 bits per heavy atom. The largest absolute Gasteiger partial charge is 0.462 e. The summed E-state index contributed by atoms with van der Waals surface area (Å²) >= 11 is 0. The normalized spacial score (nSPS) is 10.2. The number of hydrogen-bond acceptors (Lipinski definition) is 5. The van der Waals surface area contributed by atoms with Gasteiger partial charge in [-0.1, -0.05) is 0 Å². The van der Waals surface area contributed by atoms with Crippen molar-refractivity contribution in [3.8, 4) is 6.07 Å². The number of carbonyl (C=O) groups is 1. The van der Waals surface area contributed by atoms with E-state index in [0.29, 0.717) is 6.20 Å². The molecule has 0 saturated carbocycles. The van der Waals surface area contributed by atoms with Crippen LogP contribution in [0.3, 0.4) is 0 Å². The Labute approximate surface area is 68.2 Å². The summed E-state index contributed by atoms with van der Waals surface area (Å²) in [5.74, 6) is -0.975. The first-order valence-corrected chi connectivity index (χ1v) is 3.04. The highest BCUT2D eigenvalue weighted by Gasteiger charge is 2.13. The summed E-state index contributed by atoms with van der Waals surface area (Å²) < 4.78 is 4.36. The Morgan fingerprint density at radius 1 is 1.83 bits per heavy atom. The second-order valence-corrected chi connectivity index (χ2v) is 1.66. The zero-order chi connectivity index (χ0) is 9.56. The lowest BCUT2D eigenvalue weighted by Crippen LogP contribution is -2.07. The number of ether oxygens (including phenoxy) is 1. The van der Waals surface area contributed by atoms with E-state index < -0.39 is 16.5 Å². The zero-order valence-electron chi connectivity index (χ0n) is 6.31. The molecule has 0 radical (unpaired) electrons. The molecule has 0 aromatic rings. The molecular weight excluding hydrogens is 164 g/mol. The van der Waals surface area contributed by atoms with Crippen molar-refractivity contribution in [2.24, 2.45) is 0 Å². The fourth-order valence-electron chi connectivity index (χ4n) is 0.441. The van der Waals surface area contributed by atoms with Gasteiger partial charge in [-0.3, -0.25) is 10.1 Å². The van der Waals surface area contributed by atoms with Gasteiger partial charge in [0.05, 0.1) is 11.5 Å². The number of nitriles is 1. The average Bonchev–Trinajstić information content (AvgIpc) is 2.00. The predicted octanol–water partition coefficient (Wildman–Crippen LogP) is 0.234. The van der Waals surface area contributed by atoms with Crippen LogP contribution in [0.5, 0.6) is 0 Å². The zero-order valence-corrected chi connectivity index (χ0v) is 6.31. The molecule has 0 atom stereocenters. The molecule has 64 valence electrons. The lowest BCUT2D eigenvalue weighted by Gasteiger charge is -1.95. The quantitative estimate of drug-likeness (QED) is 0.199. The lowest BCUT2D eigenvalue weighted by atomic mass is 10.3. The molecule has 6 nitrogen and oxygen atoms in total. The maximum Gasteiger partial charge on any atom is 0.355 e. The van der Waals surface area contributed by atoms with Crippen LogP contribution >= 0.6 is 0 Å². The highest BCUT2D eigenvalue weighted by molar-refractivity contribution is 5.92. The van der Waals surface area contributed by atoms with Crippen LogP contribution in [0.1, 0.15) is 6.92 Å². The molecule has 0 aromatic carbocycles. The Bertz CT molecular complexity index is 263. The first-order chi connectivity index (χ1) is 5.61. The van der Waals surface area contributed by atoms with Gasteiger partial charge in [0, 0.05) is 0 Å². The molecule has 0 aromatic heterocycles. The molecule has 0 amide bonds. The Hall–Kier alpha value is -1.90. The molecule has 0 aliphatic rings. The van der Waals surface area contributed by atoms with Crippen LogP contribution in [-0.4, -0.2) is 17.5 Å². The summed E-state index contributed by atoms with van der Waals surface area (Å²) in [4.78, 5) is 19.7. The topological polar surface area (TPSA) is 93.2 Å². The first kappa shape index (κ1) is 10.1. The minimum atomic E-state index is -0.975. The fraction of sp³-hybridized carbons (Fsp3) is 0.333. The van der Waals surface area contributed by atoms with Gasteiger partial charge in [-0.2, -0.15) is 5.26 Å². The molecule has 0 bridgehead atoms. The number of hydrogen-bond donors (Lipinski definition) is 0. The Kier molecular flexibility index (Phi) is 4.08. The van der Waals surface area contributed by atoms with Crippen molar-refractivity contribution in [1.29, 1.82) is 5.26 Å². The van der Waals surface area contributed by atoms with E-state index in [0.717, 1.165) is 0 Å². The molecule has 0 aliphatic heterocycles. The molecule has 6 heteroatoms. The van der Waals surface area contributed by atoms with Crippen LogP contribution in [-0.2, 0) is 9.53 Å². The van der Waals surface area contributed by atoms with Gasteiger partial charge in [0.2, 0.25) is 5.57 Å². The third-order valence-electron chi connectivity index (χ3n) is 0.850. The van der Waals surface area contributed by atoms with Gasteiger partial charge < -0.3 is 4.74 Å². The summed E-state index contributed by atoms with van der Waals surface area (Å²) in [6.07, 6.45) is 0.317. The van der Waals surface area contributed by atoms with E-state index in [1.807, 2.05) is 0 Å². The molecule has 0 unspecified atom stereocenters. The average molecular weight is 170 g/mol. The van der Waals surface area contributed by atoms with Crippen LogP contribution in [0.15, 0.2) is 11.8 Å². The van der Waals surface area contributed by atoms with Crippen molar-refractivity contribution < 1.29 is 14.5 Å². The van der Waals surface area contributed by atoms with Crippen LogP contribution in [0.4, 0.5) is 0 Å². The van der Waals surface area contributed by atoms with Crippen molar-refractivity contribution in [3.63, 3.8) is 0 Å². The van der Waals surface area contributed by atoms with E-state index in [1.165, 1.54) is 6.07 Å². The predicted molar refractivity (Wildman–Crippen MR) is 37.3 cm³/mol. The minimum Gasteiger partial charge on any atom is -0.462 e. The number of nitrogens with zero attached hydrogens (tertiary/aromatic N) is 2. The fourth-order valence-corrected chi connectivity index (χ4v) is 0.441. The minimum absolute atomic E-state index is 0.0789. The van der Waals surface area contributed by atoms with Gasteiger partial charge in [-0.15, -0.1) is 0 Å². The number of nitro groups is 1. The third-order valence-corrected chi connectivity index (χ3v) is 0.850. The SMILES string of the molecule is CCOC(=O)/C(C#N)=C/[N+](=O)[O-]. The number of rotatable bonds is 3. The first-order valence-electron chi connectivity index (χ1n) is 3.04. The molecule has 0 heterocycles. The summed E-state index contributed by atoms with van der Waals surface area (Å²) in [5, 5.41) is 18.1. The maximum atomic E-state index is 10.7. The monoisotopic (exact) mass is 170 g/mol.